The monoisotopic (exact) mass is 421 g/mol. The Bertz CT molecular complexity index is 1200. The summed E-state index contributed by atoms with van der Waals surface area (Å²) >= 11 is 1.26. The molecule has 1 heterocycles. The van der Waals surface area contributed by atoms with Crippen LogP contribution in [0.3, 0.4) is 0 Å². The first kappa shape index (κ1) is 20.0. The fourth-order valence-electron chi connectivity index (χ4n) is 2.94. The standard InChI is InChI=1S/C23H17F2N3OS/c24-16-10-8-15(9-11-16)12-21-23(28-20-7-2-1-6-19(20)27-21)30-14-22(29)26-18-5-3-4-17(25)13-18/h1-11,13H,12,14H2,(H,26,29). The van der Waals surface area contributed by atoms with E-state index in [4.69, 9.17) is 4.98 Å². The van der Waals surface area contributed by atoms with Gasteiger partial charge in [0.05, 0.1) is 22.5 Å². The molecule has 0 spiro atoms. The fourth-order valence-corrected chi connectivity index (χ4v) is 3.73. The lowest BCUT2D eigenvalue weighted by Crippen LogP contribution is -2.14. The molecule has 0 aliphatic heterocycles. The number of hydrogen-bond acceptors (Lipinski definition) is 4. The molecule has 1 N–H and O–H groups in total. The second kappa shape index (κ2) is 9.00. The Labute approximate surface area is 176 Å². The number of halogens is 2. The maximum Gasteiger partial charge on any atom is 0.234 e. The van der Waals surface area contributed by atoms with Crippen LogP contribution in [-0.2, 0) is 11.2 Å². The lowest BCUT2D eigenvalue weighted by atomic mass is 10.1. The molecule has 4 nitrogen and oxygen atoms in total. The van der Waals surface area contributed by atoms with Crippen molar-refractivity contribution in [2.45, 2.75) is 11.4 Å². The van der Waals surface area contributed by atoms with E-state index in [0.717, 1.165) is 16.6 Å². The van der Waals surface area contributed by atoms with E-state index in [1.54, 1.807) is 18.2 Å². The zero-order valence-electron chi connectivity index (χ0n) is 15.8. The Balaban J connectivity index is 1.55. The van der Waals surface area contributed by atoms with Gasteiger partial charge in [0, 0.05) is 12.1 Å². The molecule has 1 aromatic heterocycles. The van der Waals surface area contributed by atoms with Gasteiger partial charge in [0.15, 0.2) is 0 Å². The smallest absolute Gasteiger partial charge is 0.234 e. The van der Waals surface area contributed by atoms with Crippen molar-refractivity contribution in [3.05, 3.63) is 95.7 Å². The highest BCUT2D eigenvalue weighted by atomic mass is 32.2. The van der Waals surface area contributed by atoms with E-state index < -0.39 is 5.82 Å². The number of anilines is 1. The van der Waals surface area contributed by atoms with E-state index in [-0.39, 0.29) is 17.5 Å². The summed E-state index contributed by atoms with van der Waals surface area (Å²) in [4.78, 5) is 21.7. The average Bonchev–Trinajstić information content (AvgIpc) is 2.74. The lowest BCUT2D eigenvalue weighted by Gasteiger charge is -2.10. The Morgan fingerprint density at radius 3 is 2.33 bits per heavy atom. The summed E-state index contributed by atoms with van der Waals surface area (Å²) < 4.78 is 26.5. The molecule has 4 rings (SSSR count). The number of para-hydroxylation sites is 2. The minimum atomic E-state index is -0.414. The second-order valence-corrected chi connectivity index (χ2v) is 7.58. The highest BCUT2D eigenvalue weighted by Crippen LogP contribution is 2.25. The summed E-state index contributed by atoms with van der Waals surface area (Å²) in [5.41, 5.74) is 3.49. The molecule has 4 aromatic rings. The molecule has 0 atom stereocenters. The van der Waals surface area contributed by atoms with Crippen LogP contribution in [0.15, 0.2) is 77.8 Å². The van der Waals surface area contributed by atoms with Crippen molar-refractivity contribution in [3.8, 4) is 0 Å². The molecule has 0 bridgehead atoms. The van der Waals surface area contributed by atoms with Crippen molar-refractivity contribution in [1.82, 2.24) is 9.97 Å². The molecule has 0 fully saturated rings. The number of nitrogens with one attached hydrogen (secondary N) is 1. The van der Waals surface area contributed by atoms with Crippen molar-refractivity contribution >= 4 is 34.4 Å². The Morgan fingerprint density at radius 2 is 1.60 bits per heavy atom. The van der Waals surface area contributed by atoms with E-state index in [2.05, 4.69) is 10.3 Å². The van der Waals surface area contributed by atoms with Crippen LogP contribution < -0.4 is 5.32 Å². The molecule has 0 saturated heterocycles. The summed E-state index contributed by atoms with van der Waals surface area (Å²) in [5, 5.41) is 3.31. The molecule has 0 aliphatic rings. The van der Waals surface area contributed by atoms with E-state index in [1.807, 2.05) is 24.3 Å². The van der Waals surface area contributed by atoms with Crippen LogP contribution in [0.25, 0.3) is 11.0 Å². The Kier molecular flexibility index (Phi) is 5.99. The number of aromatic nitrogens is 2. The van der Waals surface area contributed by atoms with Gasteiger partial charge in [-0.2, -0.15) is 0 Å². The zero-order valence-corrected chi connectivity index (χ0v) is 16.6. The number of fused-ring (bicyclic) bond motifs is 1. The van der Waals surface area contributed by atoms with E-state index in [0.29, 0.717) is 22.8 Å². The van der Waals surface area contributed by atoms with Gasteiger partial charge < -0.3 is 5.32 Å². The van der Waals surface area contributed by atoms with Crippen LogP contribution in [0.1, 0.15) is 11.3 Å². The first-order valence-corrected chi connectivity index (χ1v) is 10.2. The molecule has 1 amide bonds. The fraction of sp³-hybridized carbons (Fsp3) is 0.0870. The highest BCUT2D eigenvalue weighted by molar-refractivity contribution is 8.00. The van der Waals surface area contributed by atoms with Crippen molar-refractivity contribution in [3.63, 3.8) is 0 Å². The lowest BCUT2D eigenvalue weighted by molar-refractivity contribution is -0.113. The summed E-state index contributed by atoms with van der Waals surface area (Å²) in [6, 6.07) is 19.5. The Morgan fingerprint density at radius 1 is 0.867 bits per heavy atom. The topological polar surface area (TPSA) is 54.9 Å². The van der Waals surface area contributed by atoms with Gasteiger partial charge in [-0.3, -0.25) is 4.79 Å². The SMILES string of the molecule is O=C(CSc1nc2ccccc2nc1Cc1ccc(F)cc1)Nc1cccc(F)c1. The van der Waals surface area contributed by atoms with Crippen molar-refractivity contribution < 1.29 is 13.6 Å². The van der Waals surface area contributed by atoms with Gasteiger partial charge in [0.1, 0.15) is 16.7 Å². The maximum absolute atomic E-state index is 13.3. The summed E-state index contributed by atoms with van der Waals surface area (Å²) in [7, 11) is 0. The number of rotatable bonds is 6. The summed E-state index contributed by atoms with van der Waals surface area (Å²) in [6.45, 7) is 0. The first-order valence-electron chi connectivity index (χ1n) is 9.25. The van der Waals surface area contributed by atoms with Crippen LogP contribution in [-0.4, -0.2) is 21.6 Å². The predicted molar refractivity (Wildman–Crippen MR) is 114 cm³/mol. The van der Waals surface area contributed by atoms with Crippen LogP contribution in [0, 0.1) is 11.6 Å². The van der Waals surface area contributed by atoms with E-state index >= 15 is 0 Å². The average molecular weight is 421 g/mol. The number of nitrogens with zero attached hydrogens (tertiary/aromatic N) is 2. The molecule has 0 aliphatic carbocycles. The molecular formula is C23H17F2N3OS. The maximum atomic E-state index is 13.3. The highest BCUT2D eigenvalue weighted by Gasteiger charge is 2.13. The van der Waals surface area contributed by atoms with Crippen LogP contribution in [0.4, 0.5) is 14.5 Å². The molecule has 150 valence electrons. The molecule has 3 aromatic carbocycles. The molecule has 0 unspecified atom stereocenters. The summed E-state index contributed by atoms with van der Waals surface area (Å²) in [5.74, 6) is -0.886. The number of hydrogen-bond donors (Lipinski definition) is 1. The molecule has 30 heavy (non-hydrogen) atoms. The number of thioether (sulfide) groups is 1. The largest absolute Gasteiger partial charge is 0.325 e. The van der Waals surface area contributed by atoms with Crippen molar-refractivity contribution in [1.29, 1.82) is 0 Å². The minimum Gasteiger partial charge on any atom is -0.325 e. The number of benzene rings is 3. The number of carbonyl (C=O) groups excluding carboxylic acids is 1. The zero-order chi connectivity index (χ0) is 20.9. The van der Waals surface area contributed by atoms with E-state index in [9.17, 15) is 13.6 Å². The third kappa shape index (κ3) is 4.99. The van der Waals surface area contributed by atoms with Gasteiger partial charge in [-0.1, -0.05) is 42.1 Å². The second-order valence-electron chi connectivity index (χ2n) is 6.61. The first-order chi connectivity index (χ1) is 14.6. The summed E-state index contributed by atoms with van der Waals surface area (Å²) in [6.07, 6.45) is 0.464. The molecule has 0 radical (unpaired) electrons. The van der Waals surface area contributed by atoms with Gasteiger partial charge in [0.25, 0.3) is 0 Å². The quantitative estimate of drug-likeness (QED) is 0.433. The van der Waals surface area contributed by atoms with Gasteiger partial charge >= 0.3 is 0 Å². The predicted octanol–water partition coefficient (Wildman–Crippen LogP) is 5.23. The molecular weight excluding hydrogens is 404 g/mol. The van der Waals surface area contributed by atoms with Gasteiger partial charge in [0.2, 0.25) is 5.91 Å². The normalized spacial score (nSPS) is 10.9. The third-order valence-electron chi connectivity index (χ3n) is 4.34. The van der Waals surface area contributed by atoms with Gasteiger partial charge in [-0.15, -0.1) is 0 Å². The van der Waals surface area contributed by atoms with Crippen LogP contribution >= 0.6 is 11.8 Å². The van der Waals surface area contributed by atoms with E-state index in [1.165, 1.54) is 42.1 Å². The number of carbonyl (C=O) groups is 1. The third-order valence-corrected chi connectivity index (χ3v) is 5.35. The van der Waals surface area contributed by atoms with Crippen LogP contribution in [0.2, 0.25) is 0 Å². The van der Waals surface area contributed by atoms with Gasteiger partial charge in [-0.05, 0) is 48.0 Å². The van der Waals surface area contributed by atoms with Crippen molar-refractivity contribution in [2.75, 3.05) is 11.1 Å². The number of amides is 1. The van der Waals surface area contributed by atoms with Gasteiger partial charge in [-0.25, -0.2) is 18.7 Å². The van der Waals surface area contributed by atoms with Crippen molar-refractivity contribution in [2.24, 2.45) is 0 Å². The molecule has 7 heteroatoms. The van der Waals surface area contributed by atoms with Crippen LogP contribution in [0.5, 0.6) is 0 Å². The Hall–Kier alpha value is -3.32. The minimum absolute atomic E-state index is 0.0972. The molecule has 0 saturated carbocycles.